The third kappa shape index (κ3) is 4.30. The molecule has 0 saturated heterocycles. The van der Waals surface area contributed by atoms with E-state index in [-0.39, 0.29) is 12.2 Å². The lowest BCUT2D eigenvalue weighted by Gasteiger charge is -2.14. The predicted octanol–water partition coefficient (Wildman–Crippen LogP) is 3.84. The molecule has 9 heteroatoms. The second-order valence-electron chi connectivity index (χ2n) is 5.82. The molecule has 3 rings (SSSR count). The molecule has 5 nitrogen and oxygen atoms in total. The molecular formula is C18H16F3N3O2S. The van der Waals surface area contributed by atoms with Crippen molar-refractivity contribution in [1.82, 2.24) is 9.78 Å². The second kappa shape index (κ2) is 7.43. The molecule has 0 spiro atoms. The number of rotatable bonds is 6. The predicted molar refractivity (Wildman–Crippen MR) is 94.8 cm³/mol. The minimum absolute atomic E-state index is 0.0905. The number of hydrogen-bond donors (Lipinski definition) is 1. The van der Waals surface area contributed by atoms with Crippen LogP contribution in [0.5, 0.6) is 0 Å². The summed E-state index contributed by atoms with van der Waals surface area (Å²) < 4.78 is 63.8. The van der Waals surface area contributed by atoms with Crippen LogP contribution in [0, 0.1) is 0 Å². The summed E-state index contributed by atoms with van der Waals surface area (Å²) in [5.41, 5.74) is -3.67. The number of aromatic nitrogens is 2. The Morgan fingerprint density at radius 3 is 2.44 bits per heavy atom. The molecule has 0 aliphatic heterocycles. The van der Waals surface area contributed by atoms with Crippen molar-refractivity contribution in [3.05, 3.63) is 78.1 Å². The normalized spacial score (nSPS) is 12.1. The van der Waals surface area contributed by atoms with Gasteiger partial charge in [0.1, 0.15) is 0 Å². The summed E-state index contributed by atoms with van der Waals surface area (Å²) in [5.74, 6) is 0. The number of anilines is 1. The first-order valence-electron chi connectivity index (χ1n) is 7.97. The number of para-hydroxylation sites is 1. The van der Waals surface area contributed by atoms with Crippen LogP contribution in [0.1, 0.15) is 11.1 Å². The van der Waals surface area contributed by atoms with E-state index in [4.69, 9.17) is 0 Å². The molecule has 0 amide bonds. The van der Waals surface area contributed by atoms with E-state index >= 15 is 0 Å². The molecular weight excluding hydrogens is 379 g/mol. The van der Waals surface area contributed by atoms with Gasteiger partial charge in [0.15, 0.2) is 0 Å². The van der Waals surface area contributed by atoms with Gasteiger partial charge in [0.05, 0.1) is 17.1 Å². The van der Waals surface area contributed by atoms with Crippen LogP contribution in [0.25, 0.3) is 0 Å². The van der Waals surface area contributed by atoms with Crippen molar-refractivity contribution in [2.75, 3.05) is 5.32 Å². The maximum atomic E-state index is 12.9. The summed E-state index contributed by atoms with van der Waals surface area (Å²) in [7, 11) is -5.43. The quantitative estimate of drug-likeness (QED) is 0.689. The minimum Gasteiger partial charge on any atom is -0.380 e. The first-order valence-corrected chi connectivity index (χ1v) is 9.45. The van der Waals surface area contributed by atoms with E-state index in [1.54, 1.807) is 16.9 Å². The largest absolute Gasteiger partial charge is 0.501 e. The third-order valence-corrected chi connectivity index (χ3v) is 5.40. The molecule has 1 heterocycles. The van der Waals surface area contributed by atoms with Gasteiger partial charge in [0, 0.05) is 18.9 Å². The van der Waals surface area contributed by atoms with E-state index in [0.717, 1.165) is 17.2 Å². The van der Waals surface area contributed by atoms with Crippen LogP contribution in [0.4, 0.5) is 18.9 Å². The highest BCUT2D eigenvalue weighted by atomic mass is 32.2. The van der Waals surface area contributed by atoms with Gasteiger partial charge in [0.25, 0.3) is 9.84 Å². The highest BCUT2D eigenvalue weighted by Gasteiger charge is 2.47. The Morgan fingerprint density at radius 2 is 1.74 bits per heavy atom. The topological polar surface area (TPSA) is 64.0 Å². The number of alkyl halides is 3. The zero-order valence-corrected chi connectivity index (χ0v) is 14.8. The molecule has 1 N–H and O–H groups in total. The maximum absolute atomic E-state index is 12.9. The van der Waals surface area contributed by atoms with Gasteiger partial charge in [-0.05, 0) is 29.3 Å². The number of nitrogens with zero attached hydrogens (tertiary/aromatic N) is 2. The summed E-state index contributed by atoms with van der Waals surface area (Å²) in [6, 6.07) is 14.2. The van der Waals surface area contributed by atoms with Crippen LogP contribution in [-0.2, 0) is 22.9 Å². The molecule has 142 valence electrons. The van der Waals surface area contributed by atoms with Crippen molar-refractivity contribution in [2.45, 2.75) is 23.5 Å². The summed E-state index contributed by atoms with van der Waals surface area (Å²) in [6.07, 6.45) is 3.49. The lowest BCUT2D eigenvalue weighted by Crippen LogP contribution is -2.24. The second-order valence-corrected chi connectivity index (χ2v) is 7.73. The molecule has 0 atom stereocenters. The fourth-order valence-corrected chi connectivity index (χ4v) is 3.52. The Bertz CT molecular complexity index is 1020. The summed E-state index contributed by atoms with van der Waals surface area (Å²) in [5, 5.41) is 6.92. The van der Waals surface area contributed by atoms with E-state index < -0.39 is 20.2 Å². The van der Waals surface area contributed by atoms with Gasteiger partial charge in [-0.2, -0.15) is 18.3 Å². The lowest BCUT2D eigenvalue weighted by molar-refractivity contribution is -0.0435. The molecule has 0 aliphatic rings. The Labute approximate surface area is 154 Å². The summed E-state index contributed by atoms with van der Waals surface area (Å²) in [6.45, 7) is 0.733. The van der Waals surface area contributed by atoms with E-state index in [1.807, 2.05) is 30.5 Å². The molecule has 3 aromatic rings. The number of halogens is 3. The Kier molecular flexibility index (Phi) is 5.22. The van der Waals surface area contributed by atoms with E-state index in [2.05, 4.69) is 10.4 Å². The Hall–Kier alpha value is -2.81. The number of nitrogens with one attached hydrogen (secondary N) is 1. The fourth-order valence-electron chi connectivity index (χ4n) is 2.59. The number of sulfone groups is 1. The molecule has 2 aromatic carbocycles. The molecule has 1 aromatic heterocycles. The van der Waals surface area contributed by atoms with Gasteiger partial charge in [0.2, 0.25) is 0 Å². The zero-order valence-electron chi connectivity index (χ0n) is 14.0. The SMILES string of the molecule is O=S(=O)(c1ccccc1NCc1cccc(Cn2cccn2)c1)C(F)(F)F. The van der Waals surface area contributed by atoms with Crippen molar-refractivity contribution in [1.29, 1.82) is 0 Å². The number of hydrogen-bond acceptors (Lipinski definition) is 4. The van der Waals surface area contributed by atoms with Crippen LogP contribution in [-0.4, -0.2) is 23.7 Å². The molecule has 27 heavy (non-hydrogen) atoms. The van der Waals surface area contributed by atoms with Crippen LogP contribution >= 0.6 is 0 Å². The highest BCUT2D eigenvalue weighted by molar-refractivity contribution is 7.92. The minimum atomic E-state index is -5.43. The molecule has 0 bridgehead atoms. The molecule has 0 unspecified atom stereocenters. The first-order chi connectivity index (χ1) is 12.8. The van der Waals surface area contributed by atoms with Gasteiger partial charge in [-0.3, -0.25) is 4.68 Å². The lowest BCUT2D eigenvalue weighted by atomic mass is 10.1. The van der Waals surface area contributed by atoms with Gasteiger partial charge in [-0.25, -0.2) is 8.42 Å². The fraction of sp³-hybridized carbons (Fsp3) is 0.167. The summed E-state index contributed by atoms with van der Waals surface area (Å²) in [4.78, 5) is -0.787. The van der Waals surface area contributed by atoms with Crippen LogP contribution < -0.4 is 5.32 Å². The smallest absolute Gasteiger partial charge is 0.380 e. The maximum Gasteiger partial charge on any atom is 0.501 e. The molecule has 0 saturated carbocycles. The van der Waals surface area contributed by atoms with Crippen LogP contribution in [0.15, 0.2) is 71.9 Å². The highest BCUT2D eigenvalue weighted by Crippen LogP contribution is 2.34. The Morgan fingerprint density at radius 1 is 1.00 bits per heavy atom. The average molecular weight is 395 g/mol. The van der Waals surface area contributed by atoms with E-state index in [9.17, 15) is 21.6 Å². The van der Waals surface area contributed by atoms with Gasteiger partial charge in [-0.1, -0.05) is 36.4 Å². The van der Waals surface area contributed by atoms with E-state index in [1.165, 1.54) is 18.2 Å². The molecule has 0 fully saturated rings. The molecule has 0 radical (unpaired) electrons. The van der Waals surface area contributed by atoms with Crippen molar-refractivity contribution in [2.24, 2.45) is 0 Å². The van der Waals surface area contributed by atoms with Crippen molar-refractivity contribution < 1.29 is 21.6 Å². The Balaban J connectivity index is 1.78. The van der Waals surface area contributed by atoms with E-state index in [0.29, 0.717) is 6.54 Å². The van der Waals surface area contributed by atoms with Crippen LogP contribution in [0.2, 0.25) is 0 Å². The monoisotopic (exact) mass is 395 g/mol. The first kappa shape index (κ1) is 19.0. The van der Waals surface area contributed by atoms with Gasteiger partial charge >= 0.3 is 5.51 Å². The van der Waals surface area contributed by atoms with Gasteiger partial charge in [-0.15, -0.1) is 0 Å². The summed E-state index contributed by atoms with van der Waals surface area (Å²) >= 11 is 0. The number of benzene rings is 2. The van der Waals surface area contributed by atoms with Crippen LogP contribution in [0.3, 0.4) is 0 Å². The standard InChI is InChI=1S/C18H16F3N3O2S/c19-18(20,21)27(25,26)17-8-2-1-7-16(17)22-12-14-5-3-6-15(11-14)13-24-10-4-9-23-24/h1-11,22H,12-13H2. The third-order valence-electron chi connectivity index (χ3n) is 3.86. The van der Waals surface area contributed by atoms with Crippen molar-refractivity contribution in [3.63, 3.8) is 0 Å². The van der Waals surface area contributed by atoms with Crippen molar-refractivity contribution >= 4 is 15.5 Å². The van der Waals surface area contributed by atoms with Gasteiger partial charge < -0.3 is 5.32 Å². The van der Waals surface area contributed by atoms with Crippen molar-refractivity contribution in [3.8, 4) is 0 Å². The zero-order chi connectivity index (χ0) is 19.5. The average Bonchev–Trinajstić information content (AvgIpc) is 3.12. The molecule has 0 aliphatic carbocycles.